The molecular formula is C15H24N2O3. The lowest BCUT2D eigenvalue weighted by Crippen LogP contribution is -2.32. The molecule has 0 heterocycles. The highest BCUT2D eigenvalue weighted by Crippen LogP contribution is 2.24. The molecule has 1 atom stereocenters. The summed E-state index contributed by atoms with van der Waals surface area (Å²) in [5, 5.41) is 14.3. The van der Waals surface area contributed by atoms with Crippen molar-refractivity contribution in [1.29, 1.82) is 0 Å². The summed E-state index contributed by atoms with van der Waals surface area (Å²) < 4.78 is 5.26. The normalized spacial score (nSPS) is 12.4. The van der Waals surface area contributed by atoms with Gasteiger partial charge in [0, 0.05) is 30.3 Å². The van der Waals surface area contributed by atoms with Crippen molar-refractivity contribution in [3.8, 4) is 5.75 Å². The monoisotopic (exact) mass is 280 g/mol. The molecule has 1 N–H and O–H groups in total. The standard InChI is InChI=1S/C15H24N2O3/c1-5-12(6-2)11(3)16-10-13-9-14(17(18)19)7-8-15(13)20-4/h7-9,11-12,16H,5-6,10H2,1-4H3. The first-order valence-electron chi connectivity index (χ1n) is 7.08. The van der Waals surface area contributed by atoms with Gasteiger partial charge in [-0.05, 0) is 18.9 Å². The molecule has 20 heavy (non-hydrogen) atoms. The SMILES string of the molecule is CCC(CC)C(C)NCc1cc([N+](=O)[O-])ccc1OC. The zero-order chi connectivity index (χ0) is 15.1. The topological polar surface area (TPSA) is 64.4 Å². The van der Waals surface area contributed by atoms with Crippen molar-refractivity contribution in [1.82, 2.24) is 5.32 Å². The smallest absolute Gasteiger partial charge is 0.270 e. The number of ether oxygens (including phenoxy) is 1. The lowest BCUT2D eigenvalue weighted by Gasteiger charge is -2.23. The van der Waals surface area contributed by atoms with Gasteiger partial charge >= 0.3 is 0 Å². The number of nitro groups is 1. The third-order valence-corrected chi connectivity index (χ3v) is 3.85. The van der Waals surface area contributed by atoms with Crippen LogP contribution < -0.4 is 10.1 Å². The van der Waals surface area contributed by atoms with Gasteiger partial charge in [0.15, 0.2) is 0 Å². The summed E-state index contributed by atoms with van der Waals surface area (Å²) in [4.78, 5) is 10.5. The van der Waals surface area contributed by atoms with Gasteiger partial charge in [0.2, 0.25) is 0 Å². The van der Waals surface area contributed by atoms with E-state index in [0.29, 0.717) is 24.3 Å². The molecule has 112 valence electrons. The fourth-order valence-electron chi connectivity index (χ4n) is 2.45. The highest BCUT2D eigenvalue weighted by molar-refractivity contribution is 5.43. The molecule has 5 heteroatoms. The van der Waals surface area contributed by atoms with Crippen LogP contribution in [0.25, 0.3) is 0 Å². The molecule has 0 aliphatic rings. The van der Waals surface area contributed by atoms with Crippen LogP contribution in [0, 0.1) is 16.0 Å². The average Bonchev–Trinajstić information content (AvgIpc) is 2.45. The van der Waals surface area contributed by atoms with Crippen molar-refractivity contribution in [2.45, 2.75) is 46.2 Å². The molecule has 0 radical (unpaired) electrons. The molecule has 1 aromatic carbocycles. The van der Waals surface area contributed by atoms with Crippen LogP contribution >= 0.6 is 0 Å². The summed E-state index contributed by atoms with van der Waals surface area (Å²) in [6.07, 6.45) is 2.24. The first-order valence-corrected chi connectivity index (χ1v) is 7.08. The molecule has 0 aliphatic carbocycles. The van der Waals surface area contributed by atoms with Crippen LogP contribution in [0.2, 0.25) is 0 Å². The van der Waals surface area contributed by atoms with Crippen molar-refractivity contribution in [2.24, 2.45) is 5.92 Å². The Balaban J connectivity index is 2.80. The van der Waals surface area contributed by atoms with Gasteiger partial charge in [-0.25, -0.2) is 0 Å². The van der Waals surface area contributed by atoms with Crippen molar-refractivity contribution < 1.29 is 9.66 Å². The van der Waals surface area contributed by atoms with Crippen molar-refractivity contribution in [3.63, 3.8) is 0 Å². The van der Waals surface area contributed by atoms with Crippen LogP contribution in [0.4, 0.5) is 5.69 Å². The number of methoxy groups -OCH3 is 1. The summed E-state index contributed by atoms with van der Waals surface area (Å²) in [6, 6.07) is 5.06. The van der Waals surface area contributed by atoms with Gasteiger partial charge in [-0.2, -0.15) is 0 Å². The van der Waals surface area contributed by atoms with Crippen LogP contribution in [0.3, 0.4) is 0 Å². The van der Waals surface area contributed by atoms with E-state index in [1.54, 1.807) is 19.2 Å². The van der Waals surface area contributed by atoms with Crippen molar-refractivity contribution in [3.05, 3.63) is 33.9 Å². The third kappa shape index (κ3) is 4.20. The molecule has 0 aliphatic heterocycles. The molecule has 0 saturated heterocycles. The number of non-ortho nitro benzene ring substituents is 1. The van der Waals surface area contributed by atoms with Crippen LogP contribution in [0.5, 0.6) is 5.75 Å². The minimum absolute atomic E-state index is 0.0952. The number of benzene rings is 1. The fraction of sp³-hybridized carbons (Fsp3) is 0.600. The number of nitro benzene ring substituents is 1. The number of nitrogens with zero attached hydrogens (tertiary/aromatic N) is 1. The second-order valence-electron chi connectivity index (χ2n) is 5.00. The van der Waals surface area contributed by atoms with Gasteiger partial charge in [0.05, 0.1) is 12.0 Å². The van der Waals surface area contributed by atoms with E-state index in [1.165, 1.54) is 6.07 Å². The van der Waals surface area contributed by atoms with E-state index in [4.69, 9.17) is 4.74 Å². The molecule has 1 unspecified atom stereocenters. The molecule has 1 aromatic rings. The van der Waals surface area contributed by atoms with E-state index in [2.05, 4.69) is 26.1 Å². The Morgan fingerprint density at radius 3 is 2.50 bits per heavy atom. The Hall–Kier alpha value is -1.62. The number of hydrogen-bond donors (Lipinski definition) is 1. The summed E-state index contributed by atoms with van der Waals surface area (Å²) in [5.74, 6) is 1.29. The maximum absolute atomic E-state index is 10.8. The van der Waals surface area contributed by atoms with E-state index in [-0.39, 0.29) is 10.6 Å². The highest BCUT2D eigenvalue weighted by atomic mass is 16.6. The van der Waals surface area contributed by atoms with E-state index in [0.717, 1.165) is 18.4 Å². The van der Waals surface area contributed by atoms with E-state index >= 15 is 0 Å². The largest absolute Gasteiger partial charge is 0.496 e. The molecule has 0 bridgehead atoms. The second-order valence-corrected chi connectivity index (χ2v) is 5.00. The zero-order valence-corrected chi connectivity index (χ0v) is 12.7. The summed E-state index contributed by atoms with van der Waals surface area (Å²) in [5.41, 5.74) is 0.914. The van der Waals surface area contributed by atoms with Crippen molar-refractivity contribution >= 4 is 5.69 Å². The average molecular weight is 280 g/mol. The summed E-state index contributed by atoms with van der Waals surface area (Å²) in [6.45, 7) is 7.09. The second kappa shape index (κ2) is 7.85. The maximum Gasteiger partial charge on any atom is 0.270 e. The van der Waals surface area contributed by atoms with Gasteiger partial charge < -0.3 is 10.1 Å². The van der Waals surface area contributed by atoms with Gasteiger partial charge in [-0.15, -0.1) is 0 Å². The van der Waals surface area contributed by atoms with Crippen LogP contribution in [-0.2, 0) is 6.54 Å². The predicted molar refractivity (Wildman–Crippen MR) is 80.0 cm³/mol. The van der Waals surface area contributed by atoms with Gasteiger partial charge in [0.1, 0.15) is 5.75 Å². The number of nitrogens with one attached hydrogen (secondary N) is 1. The lowest BCUT2D eigenvalue weighted by atomic mass is 9.95. The summed E-state index contributed by atoms with van der Waals surface area (Å²) in [7, 11) is 1.58. The first-order chi connectivity index (χ1) is 9.53. The highest BCUT2D eigenvalue weighted by Gasteiger charge is 2.15. The fourth-order valence-corrected chi connectivity index (χ4v) is 2.45. The Labute approximate surface area is 120 Å². The Morgan fingerprint density at radius 2 is 2.00 bits per heavy atom. The molecular weight excluding hydrogens is 256 g/mol. The quantitative estimate of drug-likeness (QED) is 0.584. The van der Waals surface area contributed by atoms with Crippen LogP contribution in [0.1, 0.15) is 39.2 Å². The molecule has 0 amide bonds. The minimum Gasteiger partial charge on any atom is -0.496 e. The predicted octanol–water partition coefficient (Wildman–Crippen LogP) is 3.52. The molecule has 0 spiro atoms. The minimum atomic E-state index is -0.382. The molecule has 0 fully saturated rings. The number of rotatable bonds is 8. The third-order valence-electron chi connectivity index (χ3n) is 3.85. The van der Waals surface area contributed by atoms with E-state index in [1.807, 2.05) is 0 Å². The van der Waals surface area contributed by atoms with Gasteiger partial charge in [-0.3, -0.25) is 10.1 Å². The van der Waals surface area contributed by atoms with Gasteiger partial charge in [-0.1, -0.05) is 26.7 Å². The Bertz CT molecular complexity index is 445. The van der Waals surface area contributed by atoms with E-state index in [9.17, 15) is 10.1 Å². The van der Waals surface area contributed by atoms with Crippen LogP contribution in [-0.4, -0.2) is 18.1 Å². The molecule has 1 rings (SSSR count). The number of hydrogen-bond acceptors (Lipinski definition) is 4. The van der Waals surface area contributed by atoms with Crippen molar-refractivity contribution in [2.75, 3.05) is 7.11 Å². The Kier molecular flexibility index (Phi) is 6.45. The molecule has 0 aromatic heterocycles. The zero-order valence-electron chi connectivity index (χ0n) is 12.7. The molecule has 0 saturated carbocycles. The van der Waals surface area contributed by atoms with Gasteiger partial charge in [0.25, 0.3) is 5.69 Å². The van der Waals surface area contributed by atoms with E-state index < -0.39 is 0 Å². The maximum atomic E-state index is 10.8. The summed E-state index contributed by atoms with van der Waals surface area (Å²) >= 11 is 0. The molecule has 5 nitrogen and oxygen atoms in total. The Morgan fingerprint density at radius 1 is 1.35 bits per heavy atom. The lowest BCUT2D eigenvalue weighted by molar-refractivity contribution is -0.384. The first kappa shape index (κ1) is 16.4. The van der Waals surface area contributed by atoms with Crippen LogP contribution in [0.15, 0.2) is 18.2 Å².